The molecule has 0 aliphatic rings. The lowest BCUT2D eigenvalue weighted by Gasteiger charge is -2.09. The Labute approximate surface area is 148 Å². The van der Waals surface area contributed by atoms with E-state index in [-0.39, 0.29) is 28.3 Å². The Balaban J connectivity index is 2.05. The maximum absolute atomic E-state index is 11.8. The van der Waals surface area contributed by atoms with Crippen LogP contribution in [-0.2, 0) is 4.79 Å². The van der Waals surface area contributed by atoms with Crippen LogP contribution >= 0.6 is 23.2 Å². The maximum atomic E-state index is 11.8. The van der Waals surface area contributed by atoms with Crippen molar-refractivity contribution in [2.24, 2.45) is 10.8 Å². The van der Waals surface area contributed by atoms with Crippen molar-refractivity contribution in [1.29, 1.82) is 0 Å². The molecule has 0 aliphatic heterocycles. The van der Waals surface area contributed by atoms with Gasteiger partial charge in [-0.25, -0.2) is 5.43 Å². The summed E-state index contributed by atoms with van der Waals surface area (Å²) in [5, 5.41) is 4.24. The molecule has 0 atom stereocenters. The SMILES string of the molecule is NC(=O)COc1c(Cl)cc(/C=N/NC(=O)c2ccccc2)cc1Cl. The largest absolute Gasteiger partial charge is 0.481 e. The fourth-order valence-corrected chi connectivity index (χ4v) is 2.37. The van der Waals surface area contributed by atoms with Crippen LogP contribution in [0.1, 0.15) is 15.9 Å². The zero-order valence-electron chi connectivity index (χ0n) is 12.3. The minimum absolute atomic E-state index is 0.155. The second-order valence-electron chi connectivity index (χ2n) is 4.63. The lowest BCUT2D eigenvalue weighted by Crippen LogP contribution is -2.20. The number of benzene rings is 2. The summed E-state index contributed by atoms with van der Waals surface area (Å²) < 4.78 is 5.13. The Hall–Kier alpha value is -2.57. The number of carbonyl (C=O) groups excluding carboxylic acids is 2. The van der Waals surface area contributed by atoms with Crippen molar-refractivity contribution in [2.75, 3.05) is 6.61 Å². The first kappa shape index (κ1) is 17.8. The third-order valence-electron chi connectivity index (χ3n) is 2.80. The second-order valence-corrected chi connectivity index (χ2v) is 5.45. The molecule has 2 aromatic carbocycles. The van der Waals surface area contributed by atoms with Crippen LogP contribution in [0.25, 0.3) is 0 Å². The third-order valence-corrected chi connectivity index (χ3v) is 3.36. The highest BCUT2D eigenvalue weighted by Gasteiger charge is 2.10. The highest BCUT2D eigenvalue weighted by molar-refractivity contribution is 6.37. The van der Waals surface area contributed by atoms with E-state index in [0.29, 0.717) is 11.1 Å². The monoisotopic (exact) mass is 365 g/mol. The molecule has 0 aromatic heterocycles. The number of ether oxygens (including phenoxy) is 1. The van der Waals surface area contributed by atoms with Gasteiger partial charge in [0.15, 0.2) is 12.4 Å². The van der Waals surface area contributed by atoms with Crippen molar-refractivity contribution in [2.45, 2.75) is 0 Å². The zero-order valence-corrected chi connectivity index (χ0v) is 13.8. The van der Waals surface area contributed by atoms with Gasteiger partial charge in [0.25, 0.3) is 11.8 Å². The summed E-state index contributed by atoms with van der Waals surface area (Å²) in [6.07, 6.45) is 1.39. The van der Waals surface area contributed by atoms with Gasteiger partial charge in [0.05, 0.1) is 16.3 Å². The molecule has 2 rings (SSSR count). The molecule has 0 heterocycles. The number of primary amides is 1. The minimum Gasteiger partial charge on any atom is -0.481 e. The molecule has 8 heteroatoms. The summed E-state index contributed by atoms with van der Waals surface area (Å²) in [5.74, 6) is -0.829. The van der Waals surface area contributed by atoms with Crippen LogP contribution in [-0.4, -0.2) is 24.6 Å². The van der Waals surface area contributed by atoms with Crippen LogP contribution in [0.4, 0.5) is 0 Å². The third kappa shape index (κ3) is 4.97. The first-order chi connectivity index (χ1) is 11.5. The van der Waals surface area contributed by atoms with Gasteiger partial charge >= 0.3 is 0 Å². The molecule has 0 saturated carbocycles. The van der Waals surface area contributed by atoms with E-state index in [1.165, 1.54) is 18.3 Å². The highest BCUT2D eigenvalue weighted by Crippen LogP contribution is 2.33. The van der Waals surface area contributed by atoms with Crippen LogP contribution in [0.5, 0.6) is 5.75 Å². The van der Waals surface area contributed by atoms with Crippen molar-refractivity contribution in [1.82, 2.24) is 5.43 Å². The fraction of sp³-hybridized carbons (Fsp3) is 0.0625. The number of carbonyl (C=O) groups is 2. The number of hydrogen-bond acceptors (Lipinski definition) is 4. The van der Waals surface area contributed by atoms with Gasteiger partial charge < -0.3 is 10.5 Å². The predicted octanol–water partition coefficient (Wildman–Crippen LogP) is 2.62. The number of halogens is 2. The average molecular weight is 366 g/mol. The number of hydrogen-bond donors (Lipinski definition) is 2. The summed E-state index contributed by atoms with van der Waals surface area (Å²) in [6, 6.07) is 11.7. The number of rotatable bonds is 6. The quantitative estimate of drug-likeness (QED) is 0.608. The van der Waals surface area contributed by atoms with Crippen LogP contribution in [0, 0.1) is 0 Å². The van der Waals surface area contributed by atoms with E-state index in [1.54, 1.807) is 24.3 Å². The van der Waals surface area contributed by atoms with E-state index in [2.05, 4.69) is 10.5 Å². The molecule has 24 heavy (non-hydrogen) atoms. The topological polar surface area (TPSA) is 93.8 Å². The Morgan fingerprint density at radius 2 is 1.79 bits per heavy atom. The number of hydrazone groups is 1. The molecule has 0 unspecified atom stereocenters. The zero-order chi connectivity index (χ0) is 17.5. The normalized spacial score (nSPS) is 10.6. The van der Waals surface area contributed by atoms with E-state index in [0.717, 1.165) is 0 Å². The number of nitrogens with zero attached hydrogens (tertiary/aromatic N) is 1. The molecule has 2 aromatic rings. The number of amides is 2. The highest BCUT2D eigenvalue weighted by atomic mass is 35.5. The van der Waals surface area contributed by atoms with Gasteiger partial charge in [-0.1, -0.05) is 41.4 Å². The van der Waals surface area contributed by atoms with E-state index in [4.69, 9.17) is 33.7 Å². The maximum Gasteiger partial charge on any atom is 0.271 e. The molecule has 2 amide bonds. The Kier molecular flexibility index (Phi) is 6.17. The van der Waals surface area contributed by atoms with Crippen molar-refractivity contribution in [3.63, 3.8) is 0 Å². The lowest BCUT2D eigenvalue weighted by atomic mass is 10.2. The van der Waals surface area contributed by atoms with Gasteiger partial charge in [-0.3, -0.25) is 9.59 Å². The molecule has 0 bridgehead atoms. The average Bonchev–Trinajstić information content (AvgIpc) is 2.54. The molecular formula is C16H13Cl2N3O3. The summed E-state index contributed by atoms with van der Waals surface area (Å²) in [4.78, 5) is 22.6. The minimum atomic E-state index is -0.642. The molecule has 0 radical (unpaired) electrons. The first-order valence-electron chi connectivity index (χ1n) is 6.76. The van der Waals surface area contributed by atoms with Gasteiger partial charge in [-0.05, 0) is 29.8 Å². The fourth-order valence-electron chi connectivity index (χ4n) is 1.75. The molecule has 124 valence electrons. The Morgan fingerprint density at radius 1 is 1.17 bits per heavy atom. The molecule has 0 aliphatic carbocycles. The van der Waals surface area contributed by atoms with E-state index < -0.39 is 5.91 Å². The summed E-state index contributed by atoms with van der Waals surface area (Å²) >= 11 is 12.1. The molecule has 0 spiro atoms. The van der Waals surface area contributed by atoms with Crippen LogP contribution in [0.3, 0.4) is 0 Å². The van der Waals surface area contributed by atoms with Crippen LogP contribution < -0.4 is 15.9 Å². The van der Waals surface area contributed by atoms with Crippen molar-refractivity contribution >= 4 is 41.2 Å². The van der Waals surface area contributed by atoms with Crippen molar-refractivity contribution < 1.29 is 14.3 Å². The molecule has 3 N–H and O–H groups in total. The van der Waals surface area contributed by atoms with E-state index in [9.17, 15) is 9.59 Å². The van der Waals surface area contributed by atoms with Gasteiger partial charge in [-0.15, -0.1) is 0 Å². The molecule has 6 nitrogen and oxygen atoms in total. The van der Waals surface area contributed by atoms with Gasteiger partial charge in [0.1, 0.15) is 0 Å². The Bertz CT molecular complexity index is 756. The number of nitrogens with two attached hydrogens (primary N) is 1. The predicted molar refractivity (Wildman–Crippen MR) is 92.7 cm³/mol. The van der Waals surface area contributed by atoms with Crippen molar-refractivity contribution in [3.05, 3.63) is 63.6 Å². The summed E-state index contributed by atoms with van der Waals surface area (Å²) in [7, 11) is 0. The summed E-state index contributed by atoms with van der Waals surface area (Å²) in [5.41, 5.74) is 8.43. The number of nitrogens with one attached hydrogen (secondary N) is 1. The smallest absolute Gasteiger partial charge is 0.271 e. The van der Waals surface area contributed by atoms with Gasteiger partial charge in [-0.2, -0.15) is 5.10 Å². The molecule has 0 saturated heterocycles. The molecular weight excluding hydrogens is 353 g/mol. The Morgan fingerprint density at radius 3 is 2.38 bits per heavy atom. The van der Waals surface area contributed by atoms with Gasteiger partial charge in [0, 0.05) is 5.56 Å². The first-order valence-corrected chi connectivity index (χ1v) is 7.51. The van der Waals surface area contributed by atoms with Crippen LogP contribution in [0.2, 0.25) is 10.0 Å². The lowest BCUT2D eigenvalue weighted by molar-refractivity contribution is -0.119. The van der Waals surface area contributed by atoms with Crippen LogP contribution in [0.15, 0.2) is 47.6 Å². The standard InChI is InChI=1S/C16H13Cl2N3O3/c17-12-6-10(7-13(18)15(12)24-9-14(19)22)8-20-21-16(23)11-4-2-1-3-5-11/h1-8H,9H2,(H2,19,22)(H,21,23)/b20-8+. The molecule has 0 fully saturated rings. The van der Waals surface area contributed by atoms with Gasteiger partial charge in [0.2, 0.25) is 0 Å². The van der Waals surface area contributed by atoms with E-state index in [1.807, 2.05) is 6.07 Å². The summed E-state index contributed by atoms with van der Waals surface area (Å²) in [6.45, 7) is -0.333. The second kappa shape index (κ2) is 8.33. The van der Waals surface area contributed by atoms with E-state index >= 15 is 0 Å². The van der Waals surface area contributed by atoms with Crippen molar-refractivity contribution in [3.8, 4) is 5.75 Å².